The average Bonchev–Trinajstić information content (AvgIpc) is 2.81. The molecule has 0 unspecified atom stereocenters. The standard InChI is InChI=1S/C18H15NO4/c1-2-23-16(20)11-12-7-9-13(10-8-12)19-17(21)14-5-3-4-6-15(14)18(19)22/h3-10H,2,11H2,1H3. The Morgan fingerprint density at radius 3 is 2.04 bits per heavy atom. The van der Waals surface area contributed by atoms with Gasteiger partial charge in [0.15, 0.2) is 0 Å². The lowest BCUT2D eigenvalue weighted by Crippen LogP contribution is -2.29. The maximum atomic E-state index is 12.4. The first kappa shape index (κ1) is 15.0. The van der Waals surface area contributed by atoms with Crippen molar-refractivity contribution in [3.63, 3.8) is 0 Å². The zero-order valence-corrected chi connectivity index (χ0v) is 12.6. The molecule has 2 aromatic carbocycles. The highest BCUT2D eigenvalue weighted by atomic mass is 16.5. The van der Waals surface area contributed by atoms with Crippen LogP contribution in [-0.4, -0.2) is 24.4 Å². The third-order valence-corrected chi connectivity index (χ3v) is 3.64. The van der Waals surface area contributed by atoms with Crippen LogP contribution in [0.4, 0.5) is 5.69 Å². The number of amides is 2. The van der Waals surface area contributed by atoms with E-state index >= 15 is 0 Å². The second-order valence-electron chi connectivity index (χ2n) is 5.14. The van der Waals surface area contributed by atoms with Crippen molar-refractivity contribution in [2.24, 2.45) is 0 Å². The van der Waals surface area contributed by atoms with Gasteiger partial charge in [-0.2, -0.15) is 0 Å². The molecule has 0 atom stereocenters. The molecule has 1 heterocycles. The third kappa shape index (κ3) is 2.73. The van der Waals surface area contributed by atoms with Crippen molar-refractivity contribution < 1.29 is 19.1 Å². The van der Waals surface area contributed by atoms with Gasteiger partial charge in [0.25, 0.3) is 11.8 Å². The number of anilines is 1. The smallest absolute Gasteiger partial charge is 0.310 e. The number of nitrogens with zero attached hydrogens (tertiary/aromatic N) is 1. The molecule has 116 valence electrons. The minimum atomic E-state index is -0.330. The van der Waals surface area contributed by atoms with Crippen molar-refractivity contribution >= 4 is 23.5 Å². The second-order valence-corrected chi connectivity index (χ2v) is 5.14. The largest absolute Gasteiger partial charge is 0.466 e. The van der Waals surface area contributed by atoms with Gasteiger partial charge in [-0.25, -0.2) is 4.90 Å². The second kappa shape index (κ2) is 6.04. The Hall–Kier alpha value is -2.95. The van der Waals surface area contributed by atoms with Crippen molar-refractivity contribution in [2.45, 2.75) is 13.3 Å². The molecule has 0 aromatic heterocycles. The van der Waals surface area contributed by atoms with Crippen LogP contribution in [0.25, 0.3) is 0 Å². The number of hydrogen-bond acceptors (Lipinski definition) is 4. The van der Waals surface area contributed by atoms with E-state index in [1.54, 1.807) is 55.5 Å². The molecule has 0 saturated carbocycles. The summed E-state index contributed by atoms with van der Waals surface area (Å²) >= 11 is 0. The topological polar surface area (TPSA) is 63.7 Å². The number of hydrogen-bond donors (Lipinski definition) is 0. The summed E-state index contributed by atoms with van der Waals surface area (Å²) < 4.78 is 4.89. The maximum Gasteiger partial charge on any atom is 0.310 e. The van der Waals surface area contributed by atoms with Crippen molar-refractivity contribution in [1.82, 2.24) is 0 Å². The predicted molar refractivity (Wildman–Crippen MR) is 84.4 cm³/mol. The number of carbonyl (C=O) groups is 3. The molecule has 1 aliphatic heterocycles. The lowest BCUT2D eigenvalue weighted by Gasteiger charge is -2.14. The summed E-state index contributed by atoms with van der Waals surface area (Å²) in [7, 11) is 0. The van der Waals surface area contributed by atoms with E-state index < -0.39 is 0 Å². The van der Waals surface area contributed by atoms with Crippen LogP contribution in [0.15, 0.2) is 48.5 Å². The van der Waals surface area contributed by atoms with Crippen LogP contribution in [0.2, 0.25) is 0 Å². The molecule has 0 fully saturated rings. The number of rotatable bonds is 4. The van der Waals surface area contributed by atoms with E-state index in [1.807, 2.05) is 0 Å². The molecular weight excluding hydrogens is 294 g/mol. The predicted octanol–water partition coefficient (Wildman–Crippen LogP) is 2.59. The molecule has 0 saturated heterocycles. The highest BCUT2D eigenvalue weighted by molar-refractivity contribution is 6.34. The molecule has 0 N–H and O–H groups in total. The van der Waals surface area contributed by atoms with Crippen LogP contribution in [0, 0.1) is 0 Å². The van der Waals surface area contributed by atoms with E-state index in [2.05, 4.69) is 0 Å². The van der Waals surface area contributed by atoms with Gasteiger partial charge in [-0.3, -0.25) is 14.4 Å². The van der Waals surface area contributed by atoms with E-state index in [1.165, 1.54) is 0 Å². The molecule has 23 heavy (non-hydrogen) atoms. The Morgan fingerprint density at radius 2 is 1.52 bits per heavy atom. The van der Waals surface area contributed by atoms with Gasteiger partial charge in [-0.15, -0.1) is 0 Å². The van der Waals surface area contributed by atoms with Gasteiger partial charge >= 0.3 is 5.97 Å². The molecule has 5 heteroatoms. The monoisotopic (exact) mass is 309 g/mol. The van der Waals surface area contributed by atoms with Gasteiger partial charge in [0.2, 0.25) is 0 Å². The summed E-state index contributed by atoms with van der Waals surface area (Å²) in [6.45, 7) is 2.09. The van der Waals surface area contributed by atoms with Crippen molar-refractivity contribution in [2.75, 3.05) is 11.5 Å². The van der Waals surface area contributed by atoms with Crippen LogP contribution in [0.5, 0.6) is 0 Å². The van der Waals surface area contributed by atoms with Gasteiger partial charge in [0, 0.05) is 0 Å². The lowest BCUT2D eigenvalue weighted by molar-refractivity contribution is -0.142. The highest BCUT2D eigenvalue weighted by Crippen LogP contribution is 2.28. The first-order chi connectivity index (χ1) is 11.1. The minimum absolute atomic E-state index is 0.163. The quantitative estimate of drug-likeness (QED) is 0.643. The summed E-state index contributed by atoms with van der Waals surface area (Å²) in [6.07, 6.45) is 0.163. The summed E-state index contributed by atoms with van der Waals surface area (Å²) in [5.74, 6) is -0.964. The van der Waals surface area contributed by atoms with E-state index in [0.29, 0.717) is 23.4 Å². The fourth-order valence-electron chi connectivity index (χ4n) is 2.57. The van der Waals surface area contributed by atoms with E-state index in [0.717, 1.165) is 10.5 Å². The van der Waals surface area contributed by atoms with E-state index in [4.69, 9.17) is 4.74 Å². The summed E-state index contributed by atoms with van der Waals surface area (Å²) in [5, 5.41) is 0. The van der Waals surface area contributed by atoms with Crippen LogP contribution < -0.4 is 4.90 Å². The number of imide groups is 1. The summed E-state index contributed by atoms with van der Waals surface area (Å²) in [6, 6.07) is 13.5. The van der Waals surface area contributed by atoms with Crippen molar-refractivity contribution in [3.8, 4) is 0 Å². The molecular formula is C18H15NO4. The maximum absolute atomic E-state index is 12.4. The van der Waals surface area contributed by atoms with Gasteiger partial charge in [-0.05, 0) is 36.8 Å². The summed E-state index contributed by atoms with van der Waals surface area (Å²) in [4.78, 5) is 37.4. The fraction of sp³-hybridized carbons (Fsp3) is 0.167. The Balaban J connectivity index is 1.82. The van der Waals surface area contributed by atoms with Crippen LogP contribution in [0.3, 0.4) is 0 Å². The summed E-state index contributed by atoms with van der Waals surface area (Å²) in [5.41, 5.74) is 2.08. The highest BCUT2D eigenvalue weighted by Gasteiger charge is 2.36. The average molecular weight is 309 g/mol. The first-order valence-corrected chi connectivity index (χ1v) is 7.34. The SMILES string of the molecule is CCOC(=O)Cc1ccc(N2C(=O)c3ccccc3C2=O)cc1. The van der Waals surface area contributed by atoms with Crippen LogP contribution in [-0.2, 0) is 16.0 Å². The number of ether oxygens (including phenoxy) is 1. The Labute approximate surface area is 133 Å². The molecule has 0 bridgehead atoms. The fourth-order valence-corrected chi connectivity index (χ4v) is 2.57. The molecule has 3 rings (SSSR count). The Kier molecular flexibility index (Phi) is 3.93. The minimum Gasteiger partial charge on any atom is -0.466 e. The number of esters is 1. The van der Waals surface area contributed by atoms with Gasteiger partial charge < -0.3 is 4.74 Å². The normalized spacial score (nSPS) is 13.2. The van der Waals surface area contributed by atoms with Crippen molar-refractivity contribution in [3.05, 3.63) is 65.2 Å². The van der Waals surface area contributed by atoms with Crippen LogP contribution in [0.1, 0.15) is 33.2 Å². The molecule has 2 aromatic rings. The zero-order chi connectivity index (χ0) is 16.4. The van der Waals surface area contributed by atoms with Crippen LogP contribution >= 0.6 is 0 Å². The molecule has 0 aliphatic carbocycles. The number of carbonyl (C=O) groups excluding carboxylic acids is 3. The zero-order valence-electron chi connectivity index (χ0n) is 12.6. The molecule has 0 spiro atoms. The first-order valence-electron chi connectivity index (χ1n) is 7.34. The van der Waals surface area contributed by atoms with Gasteiger partial charge in [0.05, 0.1) is 29.8 Å². The molecule has 1 aliphatic rings. The van der Waals surface area contributed by atoms with Gasteiger partial charge in [0.1, 0.15) is 0 Å². The third-order valence-electron chi connectivity index (χ3n) is 3.64. The number of fused-ring (bicyclic) bond motifs is 1. The van der Waals surface area contributed by atoms with Gasteiger partial charge in [-0.1, -0.05) is 24.3 Å². The van der Waals surface area contributed by atoms with Crippen molar-refractivity contribution in [1.29, 1.82) is 0 Å². The lowest BCUT2D eigenvalue weighted by atomic mass is 10.1. The van der Waals surface area contributed by atoms with E-state index in [9.17, 15) is 14.4 Å². The van der Waals surface area contributed by atoms with E-state index in [-0.39, 0.29) is 24.2 Å². The Morgan fingerprint density at radius 1 is 0.957 bits per heavy atom. The molecule has 2 amide bonds. The molecule has 0 radical (unpaired) electrons. The number of benzene rings is 2. The Bertz CT molecular complexity index is 745. The molecule has 5 nitrogen and oxygen atoms in total.